The predicted molar refractivity (Wildman–Crippen MR) is 105 cm³/mol. The summed E-state index contributed by atoms with van der Waals surface area (Å²) in [6.45, 7) is 4.46. The first-order valence-corrected chi connectivity index (χ1v) is 9.39. The van der Waals surface area contributed by atoms with Crippen molar-refractivity contribution in [3.63, 3.8) is 0 Å². The third-order valence-corrected chi connectivity index (χ3v) is 4.63. The van der Waals surface area contributed by atoms with Crippen molar-refractivity contribution >= 4 is 11.9 Å². The van der Waals surface area contributed by atoms with Crippen LogP contribution < -0.4 is 10.6 Å². The number of aryl methyl sites for hydroxylation is 1. The Kier molecular flexibility index (Phi) is 6.46. The molecule has 0 saturated carbocycles. The molecule has 144 valence electrons. The molecule has 1 saturated heterocycles. The molecule has 2 N–H and O–H groups in total. The van der Waals surface area contributed by atoms with Gasteiger partial charge in [0.25, 0.3) is 0 Å². The van der Waals surface area contributed by atoms with E-state index in [1.54, 1.807) is 13.3 Å². The predicted octanol–water partition coefficient (Wildman–Crippen LogP) is 2.33. The molecule has 3 rings (SSSR count). The second kappa shape index (κ2) is 9.21. The number of carbonyl (C=O) groups excluding carboxylic acids is 1. The zero-order valence-corrected chi connectivity index (χ0v) is 16.0. The number of nitrogens with one attached hydrogen (secondary N) is 2. The van der Waals surface area contributed by atoms with Crippen molar-refractivity contribution < 1.29 is 9.21 Å². The van der Waals surface area contributed by atoms with E-state index in [4.69, 9.17) is 4.42 Å². The fourth-order valence-electron chi connectivity index (χ4n) is 3.03. The zero-order valence-electron chi connectivity index (χ0n) is 16.0. The first kappa shape index (κ1) is 18.9. The van der Waals surface area contributed by atoms with E-state index in [1.807, 2.05) is 36.1 Å². The second-order valence-corrected chi connectivity index (χ2v) is 6.73. The topological polar surface area (TPSA) is 82.8 Å². The van der Waals surface area contributed by atoms with Gasteiger partial charge in [0, 0.05) is 25.7 Å². The molecule has 1 aliphatic rings. The van der Waals surface area contributed by atoms with Crippen LogP contribution in [0.15, 0.2) is 39.9 Å². The number of oxazole rings is 1. The van der Waals surface area contributed by atoms with E-state index in [-0.39, 0.29) is 12.5 Å². The minimum Gasteiger partial charge on any atom is -0.444 e. The number of rotatable bonds is 5. The van der Waals surface area contributed by atoms with Gasteiger partial charge in [0.1, 0.15) is 6.26 Å². The average molecular weight is 369 g/mol. The highest BCUT2D eigenvalue weighted by Gasteiger charge is 2.16. The number of amides is 1. The average Bonchev–Trinajstić information content (AvgIpc) is 3.18. The molecule has 0 aliphatic carbocycles. The van der Waals surface area contributed by atoms with E-state index in [2.05, 4.69) is 20.6 Å². The smallest absolute Gasteiger partial charge is 0.241 e. The lowest BCUT2D eigenvalue weighted by molar-refractivity contribution is -0.130. The van der Waals surface area contributed by atoms with Crippen LogP contribution in [0.2, 0.25) is 0 Å². The number of carbonyl (C=O) groups is 1. The van der Waals surface area contributed by atoms with E-state index in [9.17, 15) is 4.79 Å². The summed E-state index contributed by atoms with van der Waals surface area (Å²) in [6.07, 6.45) is 5.03. The van der Waals surface area contributed by atoms with Crippen molar-refractivity contribution in [1.29, 1.82) is 0 Å². The molecule has 7 heteroatoms. The Morgan fingerprint density at radius 3 is 2.63 bits per heavy atom. The minimum atomic E-state index is 0.112. The highest BCUT2D eigenvalue weighted by molar-refractivity contribution is 5.86. The van der Waals surface area contributed by atoms with Crippen LogP contribution in [0.4, 0.5) is 0 Å². The van der Waals surface area contributed by atoms with E-state index in [0.717, 1.165) is 37.2 Å². The molecule has 0 spiro atoms. The number of aromatic nitrogens is 1. The fraction of sp³-hybridized carbons (Fsp3) is 0.450. The Morgan fingerprint density at radius 2 is 1.93 bits per heavy atom. The Balaban J connectivity index is 1.48. The van der Waals surface area contributed by atoms with Gasteiger partial charge in [-0.2, -0.15) is 0 Å². The largest absolute Gasteiger partial charge is 0.444 e. The van der Waals surface area contributed by atoms with Gasteiger partial charge >= 0.3 is 0 Å². The summed E-state index contributed by atoms with van der Waals surface area (Å²) in [6, 6.07) is 8.04. The van der Waals surface area contributed by atoms with Gasteiger partial charge in [-0.05, 0) is 38.3 Å². The van der Waals surface area contributed by atoms with Gasteiger partial charge in [0.05, 0.1) is 18.8 Å². The number of benzene rings is 1. The molecule has 1 fully saturated rings. The molecule has 1 amide bonds. The van der Waals surface area contributed by atoms with Gasteiger partial charge < -0.3 is 20.0 Å². The lowest BCUT2D eigenvalue weighted by Gasteiger charge is -2.27. The van der Waals surface area contributed by atoms with Gasteiger partial charge in [0.15, 0.2) is 5.96 Å². The maximum absolute atomic E-state index is 12.2. The van der Waals surface area contributed by atoms with Gasteiger partial charge in [-0.15, -0.1) is 0 Å². The number of piperidine rings is 1. The van der Waals surface area contributed by atoms with E-state index in [0.29, 0.717) is 18.4 Å². The molecule has 0 bridgehead atoms. The maximum Gasteiger partial charge on any atom is 0.241 e. The van der Waals surface area contributed by atoms with Crippen molar-refractivity contribution in [3.8, 4) is 11.5 Å². The van der Waals surface area contributed by atoms with Crippen LogP contribution in [0.1, 0.15) is 30.5 Å². The molecular weight excluding hydrogens is 342 g/mol. The number of guanidine groups is 1. The van der Waals surface area contributed by atoms with Gasteiger partial charge in [0.2, 0.25) is 11.8 Å². The highest BCUT2D eigenvalue weighted by atomic mass is 16.3. The summed E-state index contributed by atoms with van der Waals surface area (Å²) >= 11 is 0. The SMILES string of the molecule is CN=C(NCC(=O)N1CCCCC1)NCc1coc(-c2ccc(C)cc2)n1. The van der Waals surface area contributed by atoms with Crippen LogP contribution in [0.25, 0.3) is 11.5 Å². The van der Waals surface area contributed by atoms with Crippen molar-refractivity contribution in [3.05, 3.63) is 41.8 Å². The summed E-state index contributed by atoms with van der Waals surface area (Å²) in [5.41, 5.74) is 2.92. The molecule has 7 nitrogen and oxygen atoms in total. The molecular formula is C20H27N5O2. The third kappa shape index (κ3) is 5.32. The normalized spacial score (nSPS) is 14.9. The number of hydrogen-bond donors (Lipinski definition) is 2. The molecule has 0 radical (unpaired) electrons. The summed E-state index contributed by atoms with van der Waals surface area (Å²) < 4.78 is 5.56. The Labute approximate surface area is 159 Å². The van der Waals surface area contributed by atoms with Gasteiger partial charge in [-0.25, -0.2) is 4.98 Å². The second-order valence-electron chi connectivity index (χ2n) is 6.73. The fourth-order valence-corrected chi connectivity index (χ4v) is 3.03. The number of likely N-dealkylation sites (tertiary alicyclic amines) is 1. The van der Waals surface area contributed by atoms with Crippen molar-refractivity contribution in [2.24, 2.45) is 4.99 Å². The molecule has 27 heavy (non-hydrogen) atoms. The molecule has 2 heterocycles. The van der Waals surface area contributed by atoms with Crippen LogP contribution in [0, 0.1) is 6.92 Å². The first-order valence-electron chi connectivity index (χ1n) is 9.39. The van der Waals surface area contributed by atoms with Crippen molar-refractivity contribution in [1.82, 2.24) is 20.5 Å². The Bertz CT molecular complexity index is 776. The minimum absolute atomic E-state index is 0.112. The maximum atomic E-state index is 12.2. The first-order chi connectivity index (χ1) is 13.2. The molecule has 0 unspecified atom stereocenters. The van der Waals surface area contributed by atoms with E-state index >= 15 is 0 Å². The summed E-state index contributed by atoms with van der Waals surface area (Å²) in [5, 5.41) is 6.23. The van der Waals surface area contributed by atoms with Crippen LogP contribution in [-0.2, 0) is 11.3 Å². The lowest BCUT2D eigenvalue weighted by Crippen LogP contribution is -2.45. The Morgan fingerprint density at radius 1 is 1.19 bits per heavy atom. The summed E-state index contributed by atoms with van der Waals surface area (Å²) in [7, 11) is 1.68. The van der Waals surface area contributed by atoms with Gasteiger partial charge in [-0.1, -0.05) is 17.7 Å². The number of nitrogens with zero attached hydrogens (tertiary/aromatic N) is 3. The standard InChI is InChI=1S/C20H27N5O2/c1-15-6-8-16(9-7-15)19-24-17(14-27-19)12-22-20(21-2)23-13-18(26)25-10-4-3-5-11-25/h6-9,14H,3-5,10-13H2,1-2H3,(H2,21,22,23). The van der Waals surface area contributed by atoms with Gasteiger partial charge in [-0.3, -0.25) is 9.79 Å². The summed E-state index contributed by atoms with van der Waals surface area (Å²) in [5.74, 6) is 1.27. The van der Waals surface area contributed by atoms with Crippen LogP contribution in [0.3, 0.4) is 0 Å². The highest BCUT2D eigenvalue weighted by Crippen LogP contribution is 2.19. The van der Waals surface area contributed by atoms with Crippen molar-refractivity contribution in [2.75, 3.05) is 26.7 Å². The lowest BCUT2D eigenvalue weighted by atomic mass is 10.1. The molecule has 2 aromatic rings. The van der Waals surface area contributed by atoms with Crippen LogP contribution in [-0.4, -0.2) is 48.4 Å². The number of aliphatic imine (C=N–C) groups is 1. The molecule has 1 aromatic carbocycles. The molecule has 0 atom stereocenters. The zero-order chi connectivity index (χ0) is 19.1. The molecule has 1 aromatic heterocycles. The molecule has 1 aliphatic heterocycles. The van der Waals surface area contributed by atoms with E-state index in [1.165, 1.54) is 12.0 Å². The number of hydrogen-bond acceptors (Lipinski definition) is 4. The van der Waals surface area contributed by atoms with E-state index < -0.39 is 0 Å². The summed E-state index contributed by atoms with van der Waals surface area (Å²) in [4.78, 5) is 22.8. The Hall–Kier alpha value is -2.83. The van der Waals surface area contributed by atoms with Crippen molar-refractivity contribution in [2.45, 2.75) is 32.7 Å². The third-order valence-electron chi connectivity index (χ3n) is 4.63. The van der Waals surface area contributed by atoms with Crippen LogP contribution >= 0.6 is 0 Å². The quantitative estimate of drug-likeness (QED) is 0.624. The monoisotopic (exact) mass is 369 g/mol. The van der Waals surface area contributed by atoms with Crippen LogP contribution in [0.5, 0.6) is 0 Å².